The maximum Gasteiger partial charge on any atom is 0.326 e. The number of rotatable bonds is 3. The van der Waals surface area contributed by atoms with Crippen LogP contribution in [0.2, 0.25) is 5.02 Å². The van der Waals surface area contributed by atoms with Crippen LogP contribution in [0.1, 0.15) is 42.1 Å². The summed E-state index contributed by atoms with van der Waals surface area (Å²) in [6.07, 6.45) is 4.43. The summed E-state index contributed by atoms with van der Waals surface area (Å²) in [5, 5.41) is 0.720. The minimum Gasteiger partial charge on any atom is -0.368 e. The number of nitrogens with one attached hydrogen (secondary N) is 1. The monoisotopic (exact) mass is 424 g/mol. The van der Waals surface area contributed by atoms with Crippen LogP contribution in [0.15, 0.2) is 47.3 Å². The van der Waals surface area contributed by atoms with Crippen molar-refractivity contribution >= 4 is 34.2 Å². The molecule has 1 aromatic heterocycles. The molecule has 0 atom stereocenters. The lowest BCUT2D eigenvalue weighted by Crippen LogP contribution is -2.48. The number of amides is 1. The van der Waals surface area contributed by atoms with E-state index in [-0.39, 0.29) is 17.6 Å². The first kappa shape index (κ1) is 19.2. The number of hydrogen-bond donors (Lipinski definition) is 1. The minimum absolute atomic E-state index is 0.0112. The van der Waals surface area contributed by atoms with E-state index in [0.29, 0.717) is 18.7 Å². The van der Waals surface area contributed by atoms with Crippen LogP contribution in [0.4, 0.5) is 5.69 Å². The van der Waals surface area contributed by atoms with E-state index < -0.39 is 0 Å². The predicted molar refractivity (Wildman–Crippen MR) is 120 cm³/mol. The molecule has 3 aromatic rings. The van der Waals surface area contributed by atoms with Crippen LogP contribution in [0, 0.1) is 0 Å². The largest absolute Gasteiger partial charge is 0.368 e. The lowest BCUT2D eigenvalue weighted by atomic mass is 10.1. The maximum atomic E-state index is 13.1. The van der Waals surface area contributed by atoms with Crippen molar-refractivity contribution in [3.05, 3.63) is 63.5 Å². The molecule has 0 radical (unpaired) electrons. The Bertz CT molecular complexity index is 1140. The highest BCUT2D eigenvalue weighted by Crippen LogP contribution is 2.31. The van der Waals surface area contributed by atoms with E-state index in [0.717, 1.165) is 47.7 Å². The third kappa shape index (κ3) is 3.49. The third-order valence-corrected chi connectivity index (χ3v) is 6.63. The molecule has 2 aliphatic rings. The van der Waals surface area contributed by atoms with Crippen LogP contribution in [-0.4, -0.2) is 46.5 Å². The van der Waals surface area contributed by atoms with Crippen LogP contribution in [0.25, 0.3) is 11.0 Å². The number of fused-ring (bicyclic) bond motifs is 1. The van der Waals surface area contributed by atoms with Gasteiger partial charge >= 0.3 is 5.69 Å². The number of anilines is 1. The molecule has 0 bridgehead atoms. The van der Waals surface area contributed by atoms with Gasteiger partial charge in [-0.05, 0) is 49.2 Å². The molecular weight excluding hydrogens is 400 g/mol. The highest BCUT2D eigenvalue weighted by Gasteiger charge is 2.24. The number of imidazole rings is 1. The number of hydrogen-bond acceptors (Lipinski definition) is 3. The summed E-state index contributed by atoms with van der Waals surface area (Å²) in [6.45, 7) is 2.85. The average Bonchev–Trinajstić information content (AvgIpc) is 3.39. The van der Waals surface area contributed by atoms with E-state index in [9.17, 15) is 9.59 Å². The first-order valence-corrected chi connectivity index (χ1v) is 11.0. The van der Waals surface area contributed by atoms with Gasteiger partial charge in [0.15, 0.2) is 0 Å². The number of benzene rings is 2. The van der Waals surface area contributed by atoms with Gasteiger partial charge in [-0.15, -0.1) is 0 Å². The van der Waals surface area contributed by atoms with Crippen molar-refractivity contribution in [3.63, 3.8) is 0 Å². The van der Waals surface area contributed by atoms with Gasteiger partial charge in [0.05, 0.1) is 11.0 Å². The number of aromatic amines is 1. The second-order valence-corrected chi connectivity index (χ2v) is 8.67. The van der Waals surface area contributed by atoms with E-state index in [1.165, 1.54) is 12.8 Å². The molecular formula is C23H25ClN4O2. The number of carbonyl (C=O) groups is 1. The number of nitrogens with zero attached hydrogens (tertiary/aromatic N) is 3. The number of halogens is 1. The molecule has 0 spiro atoms. The normalized spacial score (nSPS) is 17.8. The Kier molecular flexibility index (Phi) is 5.03. The molecule has 0 unspecified atom stereocenters. The second kappa shape index (κ2) is 7.84. The van der Waals surface area contributed by atoms with Gasteiger partial charge < -0.3 is 14.8 Å². The molecule has 6 nitrogen and oxygen atoms in total. The summed E-state index contributed by atoms with van der Waals surface area (Å²) in [4.78, 5) is 32.7. The summed E-state index contributed by atoms with van der Waals surface area (Å²) in [7, 11) is 0. The molecule has 2 aromatic carbocycles. The van der Waals surface area contributed by atoms with Crippen molar-refractivity contribution in [1.82, 2.24) is 14.5 Å². The van der Waals surface area contributed by atoms with Gasteiger partial charge in [-0.3, -0.25) is 9.36 Å². The number of piperazine rings is 1. The highest BCUT2D eigenvalue weighted by molar-refractivity contribution is 6.30. The van der Waals surface area contributed by atoms with Crippen molar-refractivity contribution in [2.24, 2.45) is 0 Å². The molecule has 2 fully saturated rings. The number of H-pyrrole nitrogens is 1. The zero-order chi connectivity index (χ0) is 20.7. The fourth-order valence-corrected chi connectivity index (χ4v) is 5.00. The zero-order valence-electron chi connectivity index (χ0n) is 16.8. The summed E-state index contributed by atoms with van der Waals surface area (Å²) in [5.74, 6) is 0.0112. The molecule has 1 saturated heterocycles. The molecule has 5 rings (SSSR count). The SMILES string of the molecule is O=C(c1ccc2c(c1)[nH]c(=O)n2C1CCCC1)N1CCN(c2cccc(Cl)c2)CC1. The Labute approximate surface area is 180 Å². The van der Waals surface area contributed by atoms with Crippen LogP contribution in [-0.2, 0) is 0 Å². The van der Waals surface area contributed by atoms with Crippen molar-refractivity contribution < 1.29 is 4.79 Å². The quantitative estimate of drug-likeness (QED) is 0.689. The molecule has 1 aliphatic heterocycles. The Morgan fingerprint density at radius 3 is 2.50 bits per heavy atom. The smallest absolute Gasteiger partial charge is 0.326 e. The first-order valence-electron chi connectivity index (χ1n) is 10.6. The summed E-state index contributed by atoms with van der Waals surface area (Å²) in [6, 6.07) is 13.7. The van der Waals surface area contributed by atoms with E-state index >= 15 is 0 Å². The summed E-state index contributed by atoms with van der Waals surface area (Å²) < 4.78 is 1.88. The van der Waals surface area contributed by atoms with Crippen LogP contribution < -0.4 is 10.6 Å². The average molecular weight is 425 g/mol. The second-order valence-electron chi connectivity index (χ2n) is 8.23. The summed E-state index contributed by atoms with van der Waals surface area (Å²) in [5.41, 5.74) is 3.28. The molecule has 1 saturated carbocycles. The molecule has 30 heavy (non-hydrogen) atoms. The number of carbonyl (C=O) groups excluding carboxylic acids is 1. The minimum atomic E-state index is -0.0726. The first-order chi connectivity index (χ1) is 14.6. The standard InChI is InChI=1S/C23H25ClN4O2/c24-17-4-3-7-19(15-17)26-10-12-27(13-11-26)22(29)16-8-9-21-20(14-16)25-23(30)28(21)18-5-1-2-6-18/h3-4,7-9,14-15,18H,1-2,5-6,10-13H2,(H,25,30). The predicted octanol–water partition coefficient (Wildman–Crippen LogP) is 4.06. The fourth-order valence-electron chi connectivity index (χ4n) is 4.81. The molecule has 1 N–H and O–H groups in total. The topological polar surface area (TPSA) is 61.3 Å². The van der Waals surface area contributed by atoms with E-state index in [2.05, 4.69) is 9.88 Å². The lowest BCUT2D eigenvalue weighted by Gasteiger charge is -2.36. The van der Waals surface area contributed by atoms with Crippen LogP contribution in [0.5, 0.6) is 0 Å². The fraction of sp³-hybridized carbons (Fsp3) is 0.391. The van der Waals surface area contributed by atoms with Gasteiger partial charge in [-0.25, -0.2) is 4.79 Å². The van der Waals surface area contributed by atoms with Crippen molar-refractivity contribution in [1.29, 1.82) is 0 Å². The van der Waals surface area contributed by atoms with Crippen molar-refractivity contribution in [2.75, 3.05) is 31.1 Å². The van der Waals surface area contributed by atoms with E-state index in [1.54, 1.807) is 0 Å². The Morgan fingerprint density at radius 1 is 1.00 bits per heavy atom. The van der Waals surface area contributed by atoms with E-state index in [4.69, 9.17) is 11.6 Å². The Balaban J connectivity index is 1.32. The van der Waals surface area contributed by atoms with Crippen molar-refractivity contribution in [3.8, 4) is 0 Å². The van der Waals surface area contributed by atoms with Crippen LogP contribution >= 0.6 is 11.6 Å². The Hall–Kier alpha value is -2.73. The van der Waals surface area contributed by atoms with Crippen LogP contribution in [0.3, 0.4) is 0 Å². The summed E-state index contributed by atoms with van der Waals surface area (Å²) >= 11 is 6.11. The molecule has 1 aliphatic carbocycles. The van der Waals surface area contributed by atoms with Gasteiger partial charge in [0.2, 0.25) is 0 Å². The highest BCUT2D eigenvalue weighted by atomic mass is 35.5. The molecule has 156 valence electrons. The zero-order valence-corrected chi connectivity index (χ0v) is 17.6. The van der Waals surface area contributed by atoms with Crippen molar-refractivity contribution in [2.45, 2.75) is 31.7 Å². The molecule has 7 heteroatoms. The molecule has 1 amide bonds. The lowest BCUT2D eigenvalue weighted by molar-refractivity contribution is 0.0747. The van der Waals surface area contributed by atoms with Gasteiger partial charge in [-0.2, -0.15) is 0 Å². The number of aromatic nitrogens is 2. The van der Waals surface area contributed by atoms with E-state index in [1.807, 2.05) is 51.9 Å². The van der Waals surface area contributed by atoms with Gasteiger partial charge in [0, 0.05) is 48.5 Å². The third-order valence-electron chi connectivity index (χ3n) is 6.39. The van der Waals surface area contributed by atoms with Gasteiger partial charge in [0.25, 0.3) is 5.91 Å². The molecule has 2 heterocycles. The van der Waals surface area contributed by atoms with Gasteiger partial charge in [-0.1, -0.05) is 30.5 Å². The maximum absolute atomic E-state index is 13.1. The van der Waals surface area contributed by atoms with Gasteiger partial charge in [0.1, 0.15) is 0 Å². The Morgan fingerprint density at radius 2 is 1.77 bits per heavy atom.